The lowest BCUT2D eigenvalue weighted by atomic mass is 9.96. The number of esters is 1. The first kappa shape index (κ1) is 28.4. The van der Waals surface area contributed by atoms with E-state index in [1.807, 2.05) is 51.1 Å². The maximum absolute atomic E-state index is 13.9. The van der Waals surface area contributed by atoms with Crippen molar-refractivity contribution >= 4 is 57.6 Å². The van der Waals surface area contributed by atoms with Crippen LogP contribution in [0.1, 0.15) is 51.8 Å². The van der Waals surface area contributed by atoms with Crippen molar-refractivity contribution in [1.82, 2.24) is 4.57 Å². The number of hydrogen-bond acceptors (Lipinski definition) is 7. The van der Waals surface area contributed by atoms with Crippen LogP contribution in [-0.2, 0) is 9.53 Å². The monoisotopic (exact) mass is 666 g/mol. The van der Waals surface area contributed by atoms with Crippen molar-refractivity contribution in [2.45, 2.75) is 46.8 Å². The molecule has 1 aliphatic heterocycles. The highest BCUT2D eigenvalue weighted by Crippen LogP contribution is 2.33. The summed E-state index contributed by atoms with van der Waals surface area (Å²) in [7, 11) is 0. The Labute approximate surface area is 243 Å². The van der Waals surface area contributed by atoms with E-state index in [9.17, 15) is 9.59 Å². The fraction of sp³-hybridized carbons (Fsp3) is 0.321. The maximum atomic E-state index is 13.9. The Balaban J connectivity index is 1.94. The fourth-order valence-electron chi connectivity index (χ4n) is 4.21. The van der Waals surface area contributed by atoms with Crippen LogP contribution < -0.4 is 24.4 Å². The van der Waals surface area contributed by atoms with Crippen molar-refractivity contribution in [3.8, 4) is 11.5 Å². The number of aromatic nitrogens is 1. The molecule has 2 aromatic carbocycles. The van der Waals surface area contributed by atoms with Crippen molar-refractivity contribution in [3.05, 3.63) is 87.1 Å². The van der Waals surface area contributed by atoms with Gasteiger partial charge in [-0.1, -0.05) is 35.1 Å². The number of hydrogen-bond donors (Lipinski definition) is 0. The summed E-state index contributed by atoms with van der Waals surface area (Å²) in [5.41, 5.74) is 2.01. The predicted octanol–water partition coefficient (Wildman–Crippen LogP) is 5.24. The van der Waals surface area contributed by atoms with E-state index >= 15 is 0 Å². The summed E-state index contributed by atoms with van der Waals surface area (Å²) in [4.78, 5) is 32.1. The second kappa shape index (κ2) is 12.0. The molecule has 3 aromatic rings. The van der Waals surface area contributed by atoms with E-state index in [2.05, 4.69) is 27.6 Å². The second-order valence-electron chi connectivity index (χ2n) is 8.78. The molecule has 1 aliphatic rings. The van der Waals surface area contributed by atoms with E-state index in [-0.39, 0.29) is 18.3 Å². The first-order valence-corrected chi connectivity index (χ1v) is 14.5. The van der Waals surface area contributed by atoms with Crippen LogP contribution in [0.4, 0.5) is 0 Å². The minimum atomic E-state index is -0.700. The van der Waals surface area contributed by atoms with Gasteiger partial charge >= 0.3 is 5.97 Å². The minimum absolute atomic E-state index is 0.0625. The molecule has 0 fully saturated rings. The van der Waals surface area contributed by atoms with Crippen LogP contribution >= 0.6 is 45.5 Å². The number of rotatable bonds is 8. The lowest BCUT2D eigenvalue weighted by Crippen LogP contribution is -2.39. The maximum Gasteiger partial charge on any atom is 0.338 e. The zero-order chi connectivity index (χ0) is 27.6. The number of halogens is 2. The Morgan fingerprint density at radius 3 is 2.55 bits per heavy atom. The topological polar surface area (TPSA) is 79.1 Å². The van der Waals surface area contributed by atoms with Gasteiger partial charge in [-0.25, -0.2) is 9.79 Å². The molecular weight excluding hydrogens is 639 g/mol. The normalized spacial score (nSPS) is 15.4. The van der Waals surface area contributed by atoms with Crippen molar-refractivity contribution < 1.29 is 19.0 Å². The van der Waals surface area contributed by atoms with Gasteiger partial charge in [0.05, 0.1) is 44.7 Å². The molecule has 1 aromatic heterocycles. The molecule has 0 aliphatic carbocycles. The van der Waals surface area contributed by atoms with Gasteiger partial charge in [0, 0.05) is 10.6 Å². The molecule has 38 heavy (non-hydrogen) atoms. The summed E-state index contributed by atoms with van der Waals surface area (Å²) in [5.74, 6) is 0.858. The van der Waals surface area contributed by atoms with Gasteiger partial charge in [-0.2, -0.15) is 0 Å². The number of nitrogens with zero attached hydrogens (tertiary/aromatic N) is 2. The molecule has 0 saturated carbocycles. The molecule has 0 bridgehead atoms. The number of benzene rings is 2. The zero-order valence-corrected chi connectivity index (χ0v) is 25.4. The molecule has 0 spiro atoms. The quantitative estimate of drug-likeness (QED) is 0.243. The number of thiazole rings is 1. The summed E-state index contributed by atoms with van der Waals surface area (Å²) in [6, 6.07) is 10.3. The molecule has 0 amide bonds. The smallest absolute Gasteiger partial charge is 0.338 e. The third-order valence-electron chi connectivity index (χ3n) is 5.70. The Kier molecular flexibility index (Phi) is 9.00. The van der Waals surface area contributed by atoms with Gasteiger partial charge < -0.3 is 14.2 Å². The Hall–Kier alpha value is -2.63. The molecule has 0 saturated heterocycles. The van der Waals surface area contributed by atoms with Gasteiger partial charge in [0.15, 0.2) is 4.80 Å². The van der Waals surface area contributed by atoms with E-state index in [0.717, 1.165) is 9.13 Å². The predicted molar refractivity (Wildman–Crippen MR) is 158 cm³/mol. The summed E-state index contributed by atoms with van der Waals surface area (Å²) >= 11 is 9.79. The van der Waals surface area contributed by atoms with Crippen molar-refractivity contribution in [2.75, 3.05) is 13.2 Å². The van der Waals surface area contributed by atoms with E-state index in [1.54, 1.807) is 30.6 Å². The fourth-order valence-corrected chi connectivity index (χ4v) is 6.43. The van der Waals surface area contributed by atoms with Gasteiger partial charge in [-0.05, 0) is 93.1 Å². The molecule has 0 N–H and O–H groups in total. The molecule has 10 heteroatoms. The third-order valence-corrected chi connectivity index (χ3v) is 7.70. The average molecular weight is 667 g/mol. The highest BCUT2D eigenvalue weighted by Gasteiger charge is 2.33. The van der Waals surface area contributed by atoms with Gasteiger partial charge in [0.1, 0.15) is 11.5 Å². The molecular formula is C28H28ClIN2O5S. The van der Waals surface area contributed by atoms with Gasteiger partial charge in [0.2, 0.25) is 0 Å². The first-order chi connectivity index (χ1) is 18.1. The molecule has 0 radical (unpaired) electrons. The van der Waals surface area contributed by atoms with Crippen molar-refractivity contribution in [2.24, 2.45) is 4.99 Å². The summed E-state index contributed by atoms with van der Waals surface area (Å²) < 4.78 is 19.9. The number of ether oxygens (including phenoxy) is 3. The zero-order valence-electron chi connectivity index (χ0n) is 21.7. The molecule has 1 atom stereocenters. The lowest BCUT2D eigenvalue weighted by molar-refractivity contribution is -0.139. The average Bonchev–Trinajstić information content (AvgIpc) is 3.15. The number of allylic oxidation sites excluding steroid dienone is 1. The van der Waals surface area contributed by atoms with Gasteiger partial charge in [-0.3, -0.25) is 9.36 Å². The second-order valence-corrected chi connectivity index (χ2v) is 11.4. The SMILES string of the molecule is CCOC(=O)C1=C(C)N=c2s/c(=C\c3cc(Cl)cc(I)c3OC(C)C)c(=O)n2[C@H]1c1ccc(OCC)cc1. The Bertz CT molecular complexity index is 1570. The largest absolute Gasteiger partial charge is 0.494 e. The van der Waals surface area contributed by atoms with Gasteiger partial charge in [0.25, 0.3) is 5.56 Å². The van der Waals surface area contributed by atoms with Crippen LogP contribution in [0, 0.1) is 3.57 Å². The number of fused-ring (bicyclic) bond motifs is 1. The third kappa shape index (κ3) is 5.84. The van der Waals surface area contributed by atoms with E-state index < -0.39 is 12.0 Å². The number of carbonyl (C=O) groups is 1. The van der Waals surface area contributed by atoms with Crippen LogP contribution in [0.5, 0.6) is 11.5 Å². The minimum Gasteiger partial charge on any atom is -0.494 e. The van der Waals surface area contributed by atoms with Crippen molar-refractivity contribution in [3.63, 3.8) is 0 Å². The first-order valence-electron chi connectivity index (χ1n) is 12.2. The van der Waals surface area contributed by atoms with E-state index in [0.29, 0.717) is 49.3 Å². The molecule has 7 nitrogen and oxygen atoms in total. The van der Waals surface area contributed by atoms with Crippen LogP contribution in [0.15, 0.2) is 57.5 Å². The molecule has 2 heterocycles. The summed E-state index contributed by atoms with van der Waals surface area (Å²) in [6.07, 6.45) is 1.71. The van der Waals surface area contributed by atoms with Crippen LogP contribution in [-0.4, -0.2) is 29.9 Å². The number of carbonyl (C=O) groups excluding carboxylic acids is 1. The van der Waals surface area contributed by atoms with Crippen molar-refractivity contribution in [1.29, 1.82) is 0 Å². The standard InChI is InChI=1S/C28H28ClIN2O5S/c1-6-35-20-10-8-17(9-11-20)24-23(27(34)36-7-2)16(5)31-28-32(24)26(33)22(38-28)13-18-12-19(29)14-21(30)25(18)37-15(3)4/h8-15,24H,6-7H2,1-5H3/b22-13-/t24-/m0/s1. The highest BCUT2D eigenvalue weighted by molar-refractivity contribution is 14.1. The Morgan fingerprint density at radius 1 is 1.21 bits per heavy atom. The molecule has 200 valence electrons. The van der Waals surface area contributed by atoms with Crippen LogP contribution in [0.25, 0.3) is 6.08 Å². The lowest BCUT2D eigenvalue weighted by Gasteiger charge is -2.24. The summed E-state index contributed by atoms with van der Waals surface area (Å²) in [5, 5.41) is 0.539. The summed E-state index contributed by atoms with van der Waals surface area (Å²) in [6.45, 7) is 10.1. The Morgan fingerprint density at radius 2 is 1.92 bits per heavy atom. The van der Waals surface area contributed by atoms with Crippen LogP contribution in [0.3, 0.4) is 0 Å². The highest BCUT2D eigenvalue weighted by atomic mass is 127. The van der Waals surface area contributed by atoms with E-state index in [4.69, 9.17) is 25.8 Å². The van der Waals surface area contributed by atoms with Crippen LogP contribution in [0.2, 0.25) is 5.02 Å². The molecule has 4 rings (SSSR count). The van der Waals surface area contributed by atoms with Gasteiger partial charge in [-0.15, -0.1) is 0 Å². The van der Waals surface area contributed by atoms with E-state index in [1.165, 1.54) is 11.3 Å². The molecule has 0 unspecified atom stereocenters.